The van der Waals surface area contributed by atoms with Crippen LogP contribution in [0, 0.1) is 0 Å². The Bertz CT molecular complexity index is 770. The van der Waals surface area contributed by atoms with Gasteiger partial charge in [0.05, 0.1) is 10.6 Å². The standard InChI is InChI=1S/C16H10BrNO2S2/c17-11-3-1-10(2-4-11)9-14-15(20)18(16(21)22-14)12-5-7-13(19)8-6-12/h1-9,19H/b14-9+. The maximum absolute atomic E-state index is 12.6. The van der Waals surface area contributed by atoms with Gasteiger partial charge >= 0.3 is 0 Å². The third-order valence-electron chi connectivity index (χ3n) is 3.07. The number of phenols is 1. The van der Waals surface area contributed by atoms with Crippen LogP contribution >= 0.6 is 39.9 Å². The fraction of sp³-hybridized carbons (Fsp3) is 0. The molecule has 3 nitrogen and oxygen atoms in total. The van der Waals surface area contributed by atoms with E-state index in [9.17, 15) is 9.90 Å². The molecule has 0 spiro atoms. The molecule has 22 heavy (non-hydrogen) atoms. The molecule has 1 saturated heterocycles. The van der Waals surface area contributed by atoms with E-state index in [2.05, 4.69) is 15.9 Å². The van der Waals surface area contributed by atoms with Crippen LogP contribution in [0.1, 0.15) is 5.56 Å². The highest BCUT2D eigenvalue weighted by Gasteiger charge is 2.33. The minimum Gasteiger partial charge on any atom is -0.508 e. The van der Waals surface area contributed by atoms with Crippen molar-refractivity contribution < 1.29 is 9.90 Å². The lowest BCUT2D eigenvalue weighted by Gasteiger charge is -2.14. The molecule has 0 unspecified atom stereocenters. The highest BCUT2D eigenvalue weighted by molar-refractivity contribution is 9.10. The van der Waals surface area contributed by atoms with E-state index in [0.717, 1.165) is 10.0 Å². The summed E-state index contributed by atoms with van der Waals surface area (Å²) >= 11 is 9.96. The van der Waals surface area contributed by atoms with Crippen LogP contribution in [0.2, 0.25) is 0 Å². The van der Waals surface area contributed by atoms with Gasteiger partial charge in [-0.1, -0.05) is 52.0 Å². The number of benzene rings is 2. The average Bonchev–Trinajstić information content (AvgIpc) is 2.77. The first-order valence-electron chi connectivity index (χ1n) is 6.37. The molecule has 0 radical (unpaired) electrons. The highest BCUT2D eigenvalue weighted by atomic mass is 79.9. The topological polar surface area (TPSA) is 40.5 Å². The van der Waals surface area contributed by atoms with Crippen LogP contribution < -0.4 is 4.90 Å². The maximum atomic E-state index is 12.6. The molecule has 3 rings (SSSR count). The first kappa shape index (κ1) is 15.3. The Hall–Kier alpha value is -1.63. The normalized spacial score (nSPS) is 16.6. The number of rotatable bonds is 2. The van der Waals surface area contributed by atoms with Crippen molar-refractivity contribution in [3.05, 3.63) is 63.5 Å². The zero-order valence-electron chi connectivity index (χ0n) is 11.2. The molecule has 0 bridgehead atoms. The van der Waals surface area contributed by atoms with Crippen LogP contribution in [0.15, 0.2) is 57.9 Å². The SMILES string of the molecule is O=C1/C(=C\c2ccc(Br)cc2)SC(=S)N1c1ccc(O)cc1. The second kappa shape index (κ2) is 6.24. The zero-order valence-corrected chi connectivity index (χ0v) is 14.4. The van der Waals surface area contributed by atoms with E-state index in [0.29, 0.717) is 14.9 Å². The van der Waals surface area contributed by atoms with Crippen LogP contribution in [-0.4, -0.2) is 15.3 Å². The summed E-state index contributed by atoms with van der Waals surface area (Å²) in [5.74, 6) is 0.00297. The Morgan fingerprint density at radius 3 is 2.36 bits per heavy atom. The van der Waals surface area contributed by atoms with Crippen molar-refractivity contribution in [1.29, 1.82) is 0 Å². The monoisotopic (exact) mass is 391 g/mol. The molecule has 0 aliphatic carbocycles. The maximum Gasteiger partial charge on any atom is 0.270 e. The Morgan fingerprint density at radius 2 is 1.73 bits per heavy atom. The smallest absolute Gasteiger partial charge is 0.270 e. The molecule has 1 aliphatic rings. The first-order chi connectivity index (χ1) is 10.5. The number of carbonyl (C=O) groups excluding carboxylic acids is 1. The molecule has 0 saturated carbocycles. The summed E-state index contributed by atoms with van der Waals surface area (Å²) in [6, 6.07) is 14.1. The van der Waals surface area contributed by atoms with Gasteiger partial charge in [0.2, 0.25) is 0 Å². The minimum atomic E-state index is -0.149. The second-order valence-corrected chi connectivity index (χ2v) is 7.18. The van der Waals surface area contributed by atoms with Gasteiger partial charge in [-0.2, -0.15) is 0 Å². The third-order valence-corrected chi connectivity index (χ3v) is 4.90. The summed E-state index contributed by atoms with van der Waals surface area (Å²) in [6.07, 6.45) is 1.83. The van der Waals surface area contributed by atoms with E-state index < -0.39 is 0 Å². The third kappa shape index (κ3) is 3.09. The molecule has 1 amide bonds. The van der Waals surface area contributed by atoms with Gasteiger partial charge in [0.1, 0.15) is 5.75 Å². The molecule has 110 valence electrons. The molecule has 1 heterocycles. The summed E-state index contributed by atoms with van der Waals surface area (Å²) in [7, 11) is 0. The number of halogens is 1. The molecule has 0 aromatic heterocycles. The van der Waals surface area contributed by atoms with Crippen molar-refractivity contribution in [2.24, 2.45) is 0 Å². The van der Waals surface area contributed by atoms with Crippen LogP contribution in [0.4, 0.5) is 5.69 Å². The van der Waals surface area contributed by atoms with Gasteiger partial charge in [0.15, 0.2) is 4.32 Å². The van der Waals surface area contributed by atoms with Gasteiger partial charge in [-0.25, -0.2) is 0 Å². The number of aromatic hydroxyl groups is 1. The molecule has 1 N–H and O–H groups in total. The molecular formula is C16H10BrNO2S2. The predicted molar refractivity (Wildman–Crippen MR) is 97.9 cm³/mol. The van der Waals surface area contributed by atoms with Crippen molar-refractivity contribution >= 4 is 61.9 Å². The van der Waals surface area contributed by atoms with Crippen molar-refractivity contribution in [2.45, 2.75) is 0 Å². The van der Waals surface area contributed by atoms with Crippen LogP contribution in [0.25, 0.3) is 6.08 Å². The zero-order chi connectivity index (χ0) is 15.7. The fourth-order valence-corrected chi connectivity index (χ4v) is 3.57. The number of carbonyl (C=O) groups is 1. The van der Waals surface area contributed by atoms with E-state index in [4.69, 9.17) is 12.2 Å². The van der Waals surface area contributed by atoms with Crippen molar-refractivity contribution in [1.82, 2.24) is 0 Å². The quantitative estimate of drug-likeness (QED) is 0.601. The Kier molecular flexibility index (Phi) is 4.33. The Morgan fingerprint density at radius 1 is 1.09 bits per heavy atom. The van der Waals surface area contributed by atoms with Gasteiger partial charge < -0.3 is 5.11 Å². The molecular weight excluding hydrogens is 382 g/mol. The van der Waals surface area contributed by atoms with Crippen molar-refractivity contribution in [3.63, 3.8) is 0 Å². The largest absolute Gasteiger partial charge is 0.508 e. The van der Waals surface area contributed by atoms with Gasteiger partial charge in [-0.05, 0) is 48.0 Å². The number of amides is 1. The summed E-state index contributed by atoms with van der Waals surface area (Å²) in [4.78, 5) is 14.6. The molecule has 1 aliphatic heterocycles. The Labute approximate surface area is 145 Å². The van der Waals surface area contributed by atoms with Crippen LogP contribution in [0.5, 0.6) is 5.75 Å². The van der Waals surface area contributed by atoms with Gasteiger partial charge in [0.25, 0.3) is 5.91 Å². The summed E-state index contributed by atoms with van der Waals surface area (Å²) in [6.45, 7) is 0. The highest BCUT2D eigenvalue weighted by Crippen LogP contribution is 2.36. The number of nitrogens with zero attached hydrogens (tertiary/aromatic N) is 1. The molecule has 1 fully saturated rings. The predicted octanol–water partition coefficient (Wildman–Crippen LogP) is 4.56. The number of thioether (sulfide) groups is 1. The summed E-state index contributed by atoms with van der Waals surface area (Å²) in [5.41, 5.74) is 1.59. The van der Waals surface area contributed by atoms with E-state index in [1.54, 1.807) is 12.1 Å². The van der Waals surface area contributed by atoms with E-state index in [-0.39, 0.29) is 11.7 Å². The number of anilines is 1. The van der Waals surface area contributed by atoms with Crippen LogP contribution in [-0.2, 0) is 4.79 Å². The lowest BCUT2D eigenvalue weighted by atomic mass is 10.2. The lowest BCUT2D eigenvalue weighted by Crippen LogP contribution is -2.27. The fourth-order valence-electron chi connectivity index (χ4n) is 2.00. The molecule has 2 aromatic carbocycles. The van der Waals surface area contributed by atoms with Crippen molar-refractivity contribution in [3.8, 4) is 5.75 Å². The second-order valence-electron chi connectivity index (χ2n) is 4.59. The number of thiocarbonyl (C=S) groups is 1. The summed E-state index contributed by atoms with van der Waals surface area (Å²) < 4.78 is 1.47. The molecule has 2 aromatic rings. The number of phenolic OH excluding ortho intramolecular Hbond substituents is 1. The first-order valence-corrected chi connectivity index (χ1v) is 8.39. The van der Waals surface area contributed by atoms with Gasteiger partial charge in [-0.3, -0.25) is 9.69 Å². The summed E-state index contributed by atoms with van der Waals surface area (Å²) in [5, 5.41) is 9.34. The van der Waals surface area contributed by atoms with E-state index in [1.807, 2.05) is 30.3 Å². The average molecular weight is 392 g/mol. The van der Waals surface area contributed by atoms with E-state index in [1.165, 1.54) is 28.8 Å². The molecule has 6 heteroatoms. The minimum absolute atomic E-state index is 0.149. The van der Waals surface area contributed by atoms with E-state index >= 15 is 0 Å². The van der Waals surface area contributed by atoms with Gasteiger partial charge in [-0.15, -0.1) is 0 Å². The Balaban J connectivity index is 1.91. The van der Waals surface area contributed by atoms with Gasteiger partial charge in [0, 0.05) is 4.47 Å². The number of hydrogen-bond acceptors (Lipinski definition) is 4. The lowest BCUT2D eigenvalue weighted by molar-refractivity contribution is -0.113. The van der Waals surface area contributed by atoms with Crippen LogP contribution in [0.3, 0.4) is 0 Å². The van der Waals surface area contributed by atoms with Crippen molar-refractivity contribution in [2.75, 3.05) is 4.90 Å². The number of hydrogen-bond donors (Lipinski definition) is 1. The molecule has 0 atom stereocenters.